The summed E-state index contributed by atoms with van der Waals surface area (Å²) >= 11 is 0. The first-order valence-corrected chi connectivity index (χ1v) is 7.08. The maximum atomic E-state index is 12.1. The summed E-state index contributed by atoms with van der Waals surface area (Å²) in [6, 6.07) is 5.69. The molecule has 8 nitrogen and oxygen atoms in total. The van der Waals surface area contributed by atoms with Gasteiger partial charge in [0.1, 0.15) is 11.3 Å². The number of hydrogen-bond donors (Lipinski definition) is 2. The third-order valence-corrected chi connectivity index (χ3v) is 3.33. The van der Waals surface area contributed by atoms with Gasteiger partial charge in [-0.3, -0.25) is 20.2 Å². The number of fused-ring (bicyclic) bond motifs is 1. The highest BCUT2D eigenvalue weighted by molar-refractivity contribution is 6.33. The molecule has 122 valence electrons. The van der Waals surface area contributed by atoms with Crippen molar-refractivity contribution in [2.24, 2.45) is 0 Å². The van der Waals surface area contributed by atoms with Crippen LogP contribution in [0.2, 0.25) is 0 Å². The second-order valence-electron chi connectivity index (χ2n) is 4.85. The number of ether oxygens (including phenoxy) is 2. The number of esters is 1. The molecule has 4 amide bonds. The van der Waals surface area contributed by atoms with E-state index in [1.165, 1.54) is 6.08 Å². The van der Waals surface area contributed by atoms with Gasteiger partial charge in [0.05, 0.1) is 6.61 Å². The Morgan fingerprint density at radius 1 is 1.12 bits per heavy atom. The molecule has 24 heavy (non-hydrogen) atoms. The minimum Gasteiger partial charge on any atom is -0.460 e. The van der Waals surface area contributed by atoms with Crippen molar-refractivity contribution in [1.82, 2.24) is 10.6 Å². The lowest BCUT2D eigenvalue weighted by atomic mass is 9.94. The minimum atomic E-state index is -0.899. The van der Waals surface area contributed by atoms with Crippen LogP contribution in [-0.4, -0.2) is 30.4 Å². The number of nitrogens with one attached hydrogen (secondary N) is 2. The van der Waals surface area contributed by atoms with E-state index >= 15 is 0 Å². The number of hydrogen-bond acceptors (Lipinski definition) is 6. The third-order valence-electron chi connectivity index (χ3n) is 3.33. The summed E-state index contributed by atoms with van der Waals surface area (Å²) in [5.41, 5.74) is 0.328. The number of barbiturate groups is 1. The van der Waals surface area contributed by atoms with Crippen LogP contribution in [0.5, 0.6) is 5.75 Å². The first-order valence-electron chi connectivity index (χ1n) is 7.08. The highest BCUT2D eigenvalue weighted by Gasteiger charge is 2.34. The average Bonchev–Trinajstić information content (AvgIpc) is 2.54. The van der Waals surface area contributed by atoms with E-state index in [9.17, 15) is 19.2 Å². The Balaban J connectivity index is 2.18. The molecule has 0 atom stereocenters. The fourth-order valence-corrected chi connectivity index (χ4v) is 2.35. The Bertz CT molecular complexity index is 815. The van der Waals surface area contributed by atoms with Crippen molar-refractivity contribution < 1.29 is 28.7 Å². The molecule has 0 saturated carbocycles. The summed E-state index contributed by atoms with van der Waals surface area (Å²) in [5.74, 6) is -2.29. The smallest absolute Gasteiger partial charge is 0.374 e. The molecule has 2 aliphatic rings. The summed E-state index contributed by atoms with van der Waals surface area (Å²) in [6.45, 7) is 1.78. The van der Waals surface area contributed by atoms with Gasteiger partial charge in [0, 0.05) is 11.1 Å². The highest BCUT2D eigenvalue weighted by atomic mass is 16.6. The molecule has 0 unspecified atom stereocenters. The topological polar surface area (TPSA) is 111 Å². The molecule has 8 heteroatoms. The molecule has 1 fully saturated rings. The molecule has 0 spiro atoms. The van der Waals surface area contributed by atoms with E-state index in [1.807, 2.05) is 10.6 Å². The maximum absolute atomic E-state index is 12.1. The van der Waals surface area contributed by atoms with E-state index in [4.69, 9.17) is 9.47 Å². The number of urea groups is 1. The van der Waals surface area contributed by atoms with Crippen LogP contribution in [0.25, 0.3) is 5.57 Å². The van der Waals surface area contributed by atoms with Gasteiger partial charge >= 0.3 is 12.0 Å². The van der Waals surface area contributed by atoms with E-state index in [-0.39, 0.29) is 23.5 Å². The first kappa shape index (κ1) is 15.5. The lowest BCUT2D eigenvalue weighted by Gasteiger charge is -2.22. The van der Waals surface area contributed by atoms with Crippen molar-refractivity contribution in [1.29, 1.82) is 0 Å². The Morgan fingerprint density at radius 2 is 1.79 bits per heavy atom. The van der Waals surface area contributed by atoms with Crippen LogP contribution >= 0.6 is 0 Å². The van der Waals surface area contributed by atoms with Gasteiger partial charge in [-0.1, -0.05) is 18.2 Å². The van der Waals surface area contributed by atoms with Crippen molar-refractivity contribution >= 4 is 29.4 Å². The Morgan fingerprint density at radius 3 is 2.46 bits per heavy atom. The van der Waals surface area contributed by atoms with Gasteiger partial charge < -0.3 is 9.47 Å². The van der Waals surface area contributed by atoms with E-state index in [2.05, 4.69) is 0 Å². The summed E-state index contributed by atoms with van der Waals surface area (Å²) in [5, 5.41) is 4.01. The predicted molar refractivity (Wildman–Crippen MR) is 80.4 cm³/mol. The predicted octanol–water partition coefficient (Wildman–Crippen LogP) is 0.646. The van der Waals surface area contributed by atoms with Gasteiger partial charge in [0.15, 0.2) is 0 Å². The summed E-state index contributed by atoms with van der Waals surface area (Å²) in [4.78, 5) is 47.4. The fourth-order valence-electron chi connectivity index (χ4n) is 2.35. The molecule has 0 radical (unpaired) electrons. The SMILES string of the molecule is CCOC(=O)C1=CC(=C2C(=O)NC(=O)NC2=O)c2ccccc2O1. The molecule has 2 heterocycles. The quantitative estimate of drug-likeness (QED) is 0.468. The monoisotopic (exact) mass is 328 g/mol. The Labute approximate surface area is 136 Å². The number of rotatable bonds is 2. The largest absolute Gasteiger partial charge is 0.460 e. The molecular formula is C16H12N2O6. The zero-order valence-corrected chi connectivity index (χ0v) is 12.5. The van der Waals surface area contributed by atoms with Gasteiger partial charge in [0.2, 0.25) is 5.76 Å². The molecule has 1 saturated heterocycles. The number of allylic oxidation sites excluding steroid dienone is 2. The fraction of sp³-hybridized carbons (Fsp3) is 0.125. The van der Waals surface area contributed by atoms with Crippen LogP contribution in [-0.2, 0) is 19.1 Å². The van der Waals surface area contributed by atoms with Crippen LogP contribution in [0.1, 0.15) is 12.5 Å². The number of benzene rings is 1. The van der Waals surface area contributed by atoms with E-state index in [1.54, 1.807) is 31.2 Å². The van der Waals surface area contributed by atoms with Crippen molar-refractivity contribution in [3.05, 3.63) is 47.2 Å². The van der Waals surface area contributed by atoms with E-state index in [0.717, 1.165) is 0 Å². The van der Waals surface area contributed by atoms with Gasteiger partial charge in [-0.15, -0.1) is 0 Å². The van der Waals surface area contributed by atoms with E-state index < -0.39 is 23.8 Å². The van der Waals surface area contributed by atoms with Crippen molar-refractivity contribution in [2.75, 3.05) is 6.61 Å². The lowest BCUT2D eigenvalue weighted by molar-refractivity contribution is -0.141. The molecule has 1 aromatic rings. The number of carbonyl (C=O) groups excluding carboxylic acids is 4. The lowest BCUT2D eigenvalue weighted by Crippen LogP contribution is -2.51. The van der Waals surface area contributed by atoms with Crippen molar-refractivity contribution in [3.63, 3.8) is 0 Å². The summed E-state index contributed by atoms with van der Waals surface area (Å²) in [7, 11) is 0. The second-order valence-corrected chi connectivity index (χ2v) is 4.85. The zero-order valence-electron chi connectivity index (χ0n) is 12.5. The molecular weight excluding hydrogens is 316 g/mol. The maximum Gasteiger partial charge on any atom is 0.374 e. The Hall–Kier alpha value is -3.42. The zero-order chi connectivity index (χ0) is 17.3. The van der Waals surface area contributed by atoms with Crippen LogP contribution in [0.15, 0.2) is 41.7 Å². The van der Waals surface area contributed by atoms with Crippen LogP contribution in [0.3, 0.4) is 0 Å². The summed E-state index contributed by atoms with van der Waals surface area (Å²) < 4.78 is 10.4. The van der Waals surface area contributed by atoms with E-state index in [0.29, 0.717) is 11.3 Å². The van der Waals surface area contributed by atoms with Crippen molar-refractivity contribution in [3.8, 4) is 5.75 Å². The molecule has 0 aliphatic carbocycles. The normalized spacial score (nSPS) is 16.5. The van der Waals surface area contributed by atoms with Gasteiger partial charge in [0.25, 0.3) is 11.8 Å². The molecule has 0 aromatic heterocycles. The average molecular weight is 328 g/mol. The Kier molecular flexibility index (Phi) is 3.87. The molecule has 2 aliphatic heterocycles. The van der Waals surface area contributed by atoms with Gasteiger partial charge in [-0.05, 0) is 19.1 Å². The number of carbonyl (C=O) groups is 4. The van der Waals surface area contributed by atoms with Crippen LogP contribution in [0, 0.1) is 0 Å². The highest BCUT2D eigenvalue weighted by Crippen LogP contribution is 2.36. The van der Waals surface area contributed by atoms with Gasteiger partial charge in [-0.2, -0.15) is 0 Å². The standard InChI is InChI=1S/C16H12N2O6/c1-2-23-15(21)11-7-9(8-5-3-4-6-10(8)24-11)12-13(19)17-16(22)18-14(12)20/h3-7H,2H2,1H3,(H2,17,18,19,20,22). The van der Waals surface area contributed by atoms with Crippen LogP contribution in [0.4, 0.5) is 4.79 Å². The second kappa shape index (κ2) is 5.99. The molecule has 3 rings (SSSR count). The number of para-hydroxylation sites is 1. The molecule has 0 bridgehead atoms. The van der Waals surface area contributed by atoms with Crippen LogP contribution < -0.4 is 15.4 Å². The number of amides is 4. The summed E-state index contributed by atoms with van der Waals surface area (Å²) in [6.07, 6.45) is 1.25. The first-order chi connectivity index (χ1) is 11.5. The molecule has 1 aromatic carbocycles. The minimum absolute atomic E-state index is 0.141. The molecule has 2 N–H and O–H groups in total. The van der Waals surface area contributed by atoms with Crippen molar-refractivity contribution in [2.45, 2.75) is 6.92 Å². The van der Waals surface area contributed by atoms with Gasteiger partial charge in [-0.25, -0.2) is 9.59 Å². The third kappa shape index (κ3) is 2.65. The number of imide groups is 2.